The quantitative estimate of drug-likeness (QED) is 0.688. The molecule has 3 heteroatoms. The van der Waals surface area contributed by atoms with Crippen LogP contribution in [-0.2, 0) is 0 Å². The van der Waals surface area contributed by atoms with Crippen molar-refractivity contribution in [2.75, 3.05) is 0 Å². The van der Waals surface area contributed by atoms with E-state index in [2.05, 4.69) is 39.5 Å². The van der Waals surface area contributed by atoms with Gasteiger partial charge in [0, 0.05) is 5.38 Å². The van der Waals surface area contributed by atoms with Crippen LogP contribution in [0.1, 0.15) is 25.3 Å². The zero-order chi connectivity index (χ0) is 6.85. The van der Waals surface area contributed by atoms with Crippen LogP contribution in [0.25, 0.3) is 0 Å². The molecule has 50 valence electrons. The summed E-state index contributed by atoms with van der Waals surface area (Å²) in [5, 5.41) is 2.08. The van der Waals surface area contributed by atoms with Gasteiger partial charge in [0.25, 0.3) is 0 Å². The highest BCUT2D eigenvalue weighted by Gasteiger charge is 2.04. The van der Waals surface area contributed by atoms with Crippen molar-refractivity contribution < 1.29 is 0 Å². The average molecular weight is 206 g/mol. The lowest BCUT2D eigenvalue weighted by atomic mass is 10.1. The van der Waals surface area contributed by atoms with Gasteiger partial charge in [-0.05, 0) is 38.9 Å². The van der Waals surface area contributed by atoms with Gasteiger partial charge in [-0.3, -0.25) is 0 Å². The Bertz CT molecular complexity index is 195. The third kappa shape index (κ3) is 1.52. The van der Waals surface area contributed by atoms with E-state index < -0.39 is 0 Å². The summed E-state index contributed by atoms with van der Waals surface area (Å²) in [6.07, 6.45) is 0. The summed E-state index contributed by atoms with van der Waals surface area (Å²) in [5.41, 5.74) is 1.31. The molecule has 0 spiro atoms. The molecule has 0 bridgehead atoms. The van der Waals surface area contributed by atoms with Gasteiger partial charge in [-0.15, -0.1) is 0 Å². The maximum absolute atomic E-state index is 4.10. The van der Waals surface area contributed by atoms with E-state index in [1.54, 1.807) is 0 Å². The van der Waals surface area contributed by atoms with Gasteiger partial charge in [-0.1, -0.05) is 13.8 Å². The van der Waals surface area contributed by atoms with Crippen LogP contribution in [0.5, 0.6) is 0 Å². The van der Waals surface area contributed by atoms with Gasteiger partial charge < -0.3 is 0 Å². The van der Waals surface area contributed by atoms with Crippen molar-refractivity contribution in [3.63, 3.8) is 0 Å². The largest absolute Gasteiger partial charge is 0.185 e. The fraction of sp³-hybridized carbons (Fsp3) is 0.500. The Morgan fingerprint density at radius 2 is 2.33 bits per heavy atom. The average Bonchev–Trinajstić information content (AvgIpc) is 2.13. The highest BCUT2D eigenvalue weighted by Crippen LogP contribution is 2.24. The van der Waals surface area contributed by atoms with E-state index >= 15 is 0 Å². The molecule has 0 saturated heterocycles. The molecule has 1 aromatic rings. The van der Waals surface area contributed by atoms with Crippen LogP contribution in [0.15, 0.2) is 9.98 Å². The Kier molecular flexibility index (Phi) is 2.24. The summed E-state index contributed by atoms with van der Waals surface area (Å²) in [5.74, 6) is 0.582. The van der Waals surface area contributed by atoms with E-state index in [4.69, 9.17) is 0 Å². The SMILES string of the molecule is CC(C)c1csnc1Br. The molecule has 0 amide bonds. The van der Waals surface area contributed by atoms with E-state index in [-0.39, 0.29) is 0 Å². The molecular formula is C6H8BrNS. The Morgan fingerprint density at radius 3 is 2.56 bits per heavy atom. The molecule has 0 N–H and O–H groups in total. The number of hydrogen-bond donors (Lipinski definition) is 0. The zero-order valence-corrected chi connectivity index (χ0v) is 7.79. The van der Waals surface area contributed by atoms with Gasteiger partial charge >= 0.3 is 0 Å². The molecule has 0 atom stereocenters. The molecule has 0 aliphatic rings. The summed E-state index contributed by atoms with van der Waals surface area (Å²) < 4.78 is 5.10. The van der Waals surface area contributed by atoms with Gasteiger partial charge in [0.15, 0.2) is 0 Å². The predicted octanol–water partition coefficient (Wildman–Crippen LogP) is 3.03. The van der Waals surface area contributed by atoms with E-state index in [9.17, 15) is 0 Å². The molecule has 1 rings (SSSR count). The fourth-order valence-corrected chi connectivity index (χ4v) is 2.33. The van der Waals surface area contributed by atoms with Crippen molar-refractivity contribution in [2.45, 2.75) is 19.8 Å². The van der Waals surface area contributed by atoms with Gasteiger partial charge in [-0.25, -0.2) is 0 Å². The van der Waals surface area contributed by atoms with Crippen LogP contribution < -0.4 is 0 Å². The number of nitrogens with zero attached hydrogens (tertiary/aromatic N) is 1. The first-order valence-electron chi connectivity index (χ1n) is 2.81. The molecule has 0 unspecified atom stereocenters. The maximum Gasteiger partial charge on any atom is 0.123 e. The van der Waals surface area contributed by atoms with Crippen molar-refractivity contribution >= 4 is 27.5 Å². The van der Waals surface area contributed by atoms with Crippen molar-refractivity contribution in [3.8, 4) is 0 Å². The van der Waals surface area contributed by atoms with Gasteiger partial charge in [0.1, 0.15) is 4.60 Å². The first kappa shape index (κ1) is 7.22. The molecule has 0 aliphatic carbocycles. The second kappa shape index (κ2) is 2.80. The second-order valence-electron chi connectivity index (χ2n) is 2.22. The number of hydrogen-bond acceptors (Lipinski definition) is 2. The molecule has 1 nitrogen and oxygen atoms in total. The van der Waals surface area contributed by atoms with Crippen LogP contribution >= 0.6 is 27.5 Å². The molecule has 0 saturated carbocycles. The Balaban J connectivity index is 2.94. The minimum absolute atomic E-state index is 0.582. The predicted molar refractivity (Wildman–Crippen MR) is 43.9 cm³/mol. The monoisotopic (exact) mass is 205 g/mol. The second-order valence-corrected chi connectivity index (χ2v) is 3.60. The minimum atomic E-state index is 0.582. The summed E-state index contributed by atoms with van der Waals surface area (Å²) in [6.45, 7) is 4.32. The van der Waals surface area contributed by atoms with Gasteiger partial charge in [0.05, 0.1) is 0 Å². The topological polar surface area (TPSA) is 12.9 Å². The molecular weight excluding hydrogens is 198 g/mol. The number of halogens is 1. The highest BCUT2D eigenvalue weighted by molar-refractivity contribution is 9.10. The van der Waals surface area contributed by atoms with Crippen LogP contribution in [-0.4, -0.2) is 4.37 Å². The smallest absolute Gasteiger partial charge is 0.123 e. The molecule has 0 fully saturated rings. The molecule has 1 aromatic heterocycles. The molecule has 9 heavy (non-hydrogen) atoms. The van der Waals surface area contributed by atoms with Crippen LogP contribution in [0.2, 0.25) is 0 Å². The van der Waals surface area contributed by atoms with Crippen LogP contribution in [0.3, 0.4) is 0 Å². The Morgan fingerprint density at radius 1 is 1.67 bits per heavy atom. The maximum atomic E-state index is 4.10. The van der Waals surface area contributed by atoms with E-state index in [0.717, 1.165) is 4.60 Å². The number of aromatic nitrogens is 1. The molecule has 0 radical (unpaired) electrons. The minimum Gasteiger partial charge on any atom is -0.185 e. The van der Waals surface area contributed by atoms with E-state index in [1.807, 2.05) is 0 Å². The molecule has 1 heterocycles. The van der Waals surface area contributed by atoms with Gasteiger partial charge in [-0.2, -0.15) is 4.37 Å². The summed E-state index contributed by atoms with van der Waals surface area (Å²) in [4.78, 5) is 0. The first-order valence-corrected chi connectivity index (χ1v) is 4.44. The standard InChI is InChI=1S/C6H8BrNS/c1-4(2)5-3-9-8-6(5)7/h3-4H,1-2H3. The number of rotatable bonds is 1. The third-order valence-corrected chi connectivity index (χ3v) is 2.69. The third-order valence-electron chi connectivity index (χ3n) is 1.17. The lowest BCUT2D eigenvalue weighted by Crippen LogP contribution is -1.83. The normalized spacial score (nSPS) is 10.7. The lowest BCUT2D eigenvalue weighted by molar-refractivity contribution is 0.862. The summed E-state index contributed by atoms with van der Waals surface area (Å²) >= 11 is 4.86. The lowest BCUT2D eigenvalue weighted by Gasteiger charge is -1.98. The van der Waals surface area contributed by atoms with E-state index in [1.165, 1.54) is 17.1 Å². The van der Waals surface area contributed by atoms with Crippen LogP contribution in [0, 0.1) is 0 Å². The Labute approximate surface area is 67.4 Å². The summed E-state index contributed by atoms with van der Waals surface area (Å²) in [6, 6.07) is 0. The zero-order valence-electron chi connectivity index (χ0n) is 5.39. The molecule has 0 aliphatic heterocycles. The van der Waals surface area contributed by atoms with Crippen molar-refractivity contribution in [1.29, 1.82) is 0 Å². The van der Waals surface area contributed by atoms with Crippen molar-refractivity contribution in [1.82, 2.24) is 4.37 Å². The first-order chi connectivity index (χ1) is 4.22. The highest BCUT2D eigenvalue weighted by atomic mass is 79.9. The molecule has 0 aromatic carbocycles. The van der Waals surface area contributed by atoms with Gasteiger partial charge in [0.2, 0.25) is 0 Å². The fourth-order valence-electron chi connectivity index (χ4n) is 0.605. The van der Waals surface area contributed by atoms with Crippen molar-refractivity contribution in [3.05, 3.63) is 15.5 Å². The Hall–Kier alpha value is 0.110. The van der Waals surface area contributed by atoms with Crippen molar-refractivity contribution in [2.24, 2.45) is 0 Å². The van der Waals surface area contributed by atoms with E-state index in [0.29, 0.717) is 5.92 Å². The van der Waals surface area contributed by atoms with Crippen LogP contribution in [0.4, 0.5) is 0 Å². The summed E-state index contributed by atoms with van der Waals surface area (Å²) in [7, 11) is 0.